The van der Waals surface area contributed by atoms with Crippen LogP contribution in [0, 0.1) is 50.4 Å². The summed E-state index contributed by atoms with van der Waals surface area (Å²) < 4.78 is 5.64. The summed E-state index contributed by atoms with van der Waals surface area (Å²) in [7, 11) is 0. The number of imide groups is 1. The van der Waals surface area contributed by atoms with E-state index in [1.807, 2.05) is 39.0 Å². The fourth-order valence-electron chi connectivity index (χ4n) is 7.01. The Bertz CT molecular complexity index is 1270. The van der Waals surface area contributed by atoms with Crippen molar-refractivity contribution in [1.82, 2.24) is 0 Å². The van der Waals surface area contributed by atoms with Crippen molar-refractivity contribution < 1.29 is 23.9 Å². The number of carbonyl (C=O) groups is 4. The minimum atomic E-state index is -0.560. The molecule has 2 aliphatic carbocycles. The van der Waals surface area contributed by atoms with Gasteiger partial charge in [0, 0.05) is 18.7 Å². The van der Waals surface area contributed by atoms with Gasteiger partial charge >= 0.3 is 5.97 Å². The van der Waals surface area contributed by atoms with Crippen LogP contribution in [-0.4, -0.2) is 30.2 Å². The predicted octanol–water partition coefficient (Wildman–Crippen LogP) is 4.11. The summed E-state index contributed by atoms with van der Waals surface area (Å²) in [6.45, 7) is 6.06. The molecule has 4 fully saturated rings. The van der Waals surface area contributed by atoms with Crippen LogP contribution in [-0.2, 0) is 19.2 Å². The molecule has 5 atom stereocenters. The number of nitrogens with zero attached hydrogens (tertiary/aromatic N) is 2. The first-order chi connectivity index (χ1) is 17.2. The van der Waals surface area contributed by atoms with Gasteiger partial charge < -0.3 is 9.64 Å². The second-order valence-corrected chi connectivity index (χ2v) is 11.0. The summed E-state index contributed by atoms with van der Waals surface area (Å²) in [5, 5.41) is 0. The Morgan fingerprint density at radius 3 is 2.14 bits per heavy atom. The third kappa shape index (κ3) is 3.55. The molecule has 3 amide bonds. The predicted molar refractivity (Wildman–Crippen MR) is 133 cm³/mol. The normalized spacial score (nSPS) is 28.9. The molecule has 2 bridgehead atoms. The Morgan fingerprint density at radius 1 is 0.889 bits per heavy atom. The lowest BCUT2D eigenvalue weighted by molar-refractivity contribution is -0.139. The Morgan fingerprint density at radius 2 is 1.53 bits per heavy atom. The molecule has 2 aromatic carbocycles. The van der Waals surface area contributed by atoms with E-state index in [0.717, 1.165) is 36.1 Å². The van der Waals surface area contributed by atoms with Crippen LogP contribution >= 0.6 is 0 Å². The molecule has 2 saturated heterocycles. The van der Waals surface area contributed by atoms with E-state index in [-0.39, 0.29) is 42.5 Å². The third-order valence-corrected chi connectivity index (χ3v) is 8.53. The number of aryl methyl sites for hydroxylation is 3. The highest BCUT2D eigenvalue weighted by molar-refractivity contribution is 6.23. The zero-order chi connectivity index (χ0) is 25.3. The molecule has 6 rings (SSSR count). The summed E-state index contributed by atoms with van der Waals surface area (Å²) in [5.41, 5.74) is 4.19. The number of esters is 1. The van der Waals surface area contributed by atoms with E-state index >= 15 is 0 Å². The molecule has 2 saturated carbocycles. The van der Waals surface area contributed by atoms with Crippen molar-refractivity contribution in [2.75, 3.05) is 16.3 Å². The number of carbonyl (C=O) groups excluding carboxylic acids is 4. The Balaban J connectivity index is 1.16. The minimum Gasteiger partial charge on any atom is -0.426 e. The summed E-state index contributed by atoms with van der Waals surface area (Å²) in [6.07, 6.45) is 3.18. The highest BCUT2D eigenvalue weighted by Gasteiger charge is 2.61. The largest absolute Gasteiger partial charge is 0.426 e. The lowest BCUT2D eigenvalue weighted by Gasteiger charge is -2.20. The van der Waals surface area contributed by atoms with Crippen molar-refractivity contribution in [2.24, 2.45) is 29.6 Å². The van der Waals surface area contributed by atoms with E-state index in [0.29, 0.717) is 28.8 Å². The number of benzene rings is 2. The molecule has 0 N–H and O–H groups in total. The highest BCUT2D eigenvalue weighted by atomic mass is 16.5. The zero-order valence-electron chi connectivity index (χ0n) is 20.8. The molecule has 7 heteroatoms. The molecule has 2 aliphatic heterocycles. The molecule has 36 heavy (non-hydrogen) atoms. The molecule has 2 aromatic rings. The average Bonchev–Trinajstić information content (AvgIpc) is 3.58. The first-order valence-corrected chi connectivity index (χ1v) is 12.8. The van der Waals surface area contributed by atoms with Gasteiger partial charge in [-0.1, -0.05) is 6.07 Å². The van der Waals surface area contributed by atoms with Gasteiger partial charge in [0.2, 0.25) is 17.7 Å². The highest BCUT2D eigenvalue weighted by Crippen LogP contribution is 2.56. The van der Waals surface area contributed by atoms with Gasteiger partial charge in [-0.05, 0) is 98.9 Å². The quantitative estimate of drug-likeness (QED) is 0.369. The van der Waals surface area contributed by atoms with Gasteiger partial charge in [0.25, 0.3) is 0 Å². The van der Waals surface area contributed by atoms with E-state index in [2.05, 4.69) is 0 Å². The van der Waals surface area contributed by atoms with Gasteiger partial charge in [0.15, 0.2) is 0 Å². The van der Waals surface area contributed by atoms with Crippen molar-refractivity contribution in [2.45, 2.75) is 46.5 Å². The number of hydrogen-bond donors (Lipinski definition) is 0. The van der Waals surface area contributed by atoms with Crippen LogP contribution in [0.3, 0.4) is 0 Å². The SMILES string of the molecule is Cc1cc(C)cc(N2CC(C(=O)Oc3ccc(N4C(=O)C5C6CCC(C6)C5C4=O)c(C)c3)CC2=O)c1. The molecule has 4 aliphatic rings. The van der Waals surface area contributed by atoms with E-state index < -0.39 is 11.9 Å². The van der Waals surface area contributed by atoms with E-state index in [1.54, 1.807) is 23.1 Å². The van der Waals surface area contributed by atoms with Crippen LogP contribution in [0.25, 0.3) is 0 Å². The molecule has 186 valence electrons. The summed E-state index contributed by atoms with van der Waals surface area (Å²) in [5.74, 6) is -0.615. The first-order valence-electron chi connectivity index (χ1n) is 12.8. The molecular weight excluding hydrogens is 456 g/mol. The Hall–Kier alpha value is -3.48. The van der Waals surface area contributed by atoms with E-state index in [4.69, 9.17) is 4.74 Å². The number of amides is 3. The maximum Gasteiger partial charge on any atom is 0.316 e. The van der Waals surface area contributed by atoms with Crippen molar-refractivity contribution >= 4 is 35.1 Å². The van der Waals surface area contributed by atoms with Gasteiger partial charge in [-0.3, -0.25) is 19.2 Å². The van der Waals surface area contributed by atoms with Crippen molar-refractivity contribution in [1.29, 1.82) is 0 Å². The van der Waals surface area contributed by atoms with Crippen molar-refractivity contribution in [3.8, 4) is 5.75 Å². The van der Waals surface area contributed by atoms with Gasteiger partial charge in [0.1, 0.15) is 5.75 Å². The second kappa shape index (κ2) is 8.29. The number of ether oxygens (including phenoxy) is 1. The van der Waals surface area contributed by atoms with E-state index in [9.17, 15) is 19.2 Å². The lowest BCUT2D eigenvalue weighted by Crippen LogP contribution is -2.33. The lowest BCUT2D eigenvalue weighted by atomic mass is 9.81. The molecule has 7 nitrogen and oxygen atoms in total. The number of anilines is 2. The van der Waals surface area contributed by atoms with Crippen LogP contribution in [0.5, 0.6) is 5.75 Å². The monoisotopic (exact) mass is 486 g/mol. The molecule has 0 spiro atoms. The topological polar surface area (TPSA) is 84.0 Å². The van der Waals surface area contributed by atoms with Crippen molar-refractivity contribution in [3.63, 3.8) is 0 Å². The van der Waals surface area contributed by atoms with Gasteiger partial charge in [-0.25, -0.2) is 4.90 Å². The summed E-state index contributed by atoms with van der Waals surface area (Å²) in [4.78, 5) is 54.9. The minimum absolute atomic E-state index is 0.0824. The second-order valence-electron chi connectivity index (χ2n) is 11.0. The van der Waals surface area contributed by atoms with Crippen LogP contribution in [0.2, 0.25) is 0 Å². The average molecular weight is 487 g/mol. The van der Waals surface area contributed by atoms with Gasteiger partial charge in [-0.15, -0.1) is 0 Å². The number of hydrogen-bond acceptors (Lipinski definition) is 5. The fraction of sp³-hybridized carbons (Fsp3) is 0.448. The third-order valence-electron chi connectivity index (χ3n) is 8.53. The zero-order valence-corrected chi connectivity index (χ0v) is 20.8. The molecule has 0 radical (unpaired) electrons. The maximum atomic E-state index is 13.2. The van der Waals surface area contributed by atoms with Crippen LogP contribution in [0.4, 0.5) is 11.4 Å². The van der Waals surface area contributed by atoms with Crippen LogP contribution in [0.15, 0.2) is 36.4 Å². The standard InChI is InChI=1S/C29H30N2O5/c1-15-8-16(2)10-21(9-15)30-14-20(13-24(30)32)29(35)36-22-6-7-23(17(3)11-22)31-27(33)25-18-4-5-19(12-18)26(25)28(31)34/h6-11,18-20,25-26H,4-5,12-14H2,1-3H3. The maximum absolute atomic E-state index is 13.2. The number of fused-ring (bicyclic) bond motifs is 5. The number of rotatable bonds is 4. The summed E-state index contributed by atoms with van der Waals surface area (Å²) >= 11 is 0. The molecular formula is C29H30N2O5. The van der Waals surface area contributed by atoms with Crippen LogP contribution in [0.1, 0.15) is 42.4 Å². The van der Waals surface area contributed by atoms with Gasteiger partial charge in [0.05, 0.1) is 23.4 Å². The first kappa shape index (κ1) is 23.0. The van der Waals surface area contributed by atoms with Crippen molar-refractivity contribution in [3.05, 3.63) is 53.1 Å². The van der Waals surface area contributed by atoms with E-state index in [1.165, 1.54) is 4.90 Å². The Labute approximate surface area is 210 Å². The fourth-order valence-corrected chi connectivity index (χ4v) is 7.01. The van der Waals surface area contributed by atoms with Crippen LogP contribution < -0.4 is 14.5 Å². The summed E-state index contributed by atoms with van der Waals surface area (Å²) in [6, 6.07) is 10.9. The molecule has 2 heterocycles. The molecule has 5 unspecified atom stereocenters. The smallest absolute Gasteiger partial charge is 0.316 e. The van der Waals surface area contributed by atoms with Gasteiger partial charge in [-0.2, -0.15) is 0 Å². The Kier molecular flexibility index (Phi) is 5.28. The molecule has 0 aromatic heterocycles.